The Morgan fingerprint density at radius 3 is 2.35 bits per heavy atom. The molecule has 1 saturated heterocycles. The molecule has 0 bridgehead atoms. The first-order valence-electron chi connectivity index (χ1n) is 9.48. The summed E-state index contributed by atoms with van der Waals surface area (Å²) in [6.07, 6.45) is 5.84. The second kappa shape index (κ2) is 9.38. The van der Waals surface area contributed by atoms with E-state index in [2.05, 4.69) is 12.2 Å². The summed E-state index contributed by atoms with van der Waals surface area (Å²) in [5.74, 6) is 0.831. The maximum atomic E-state index is 12.5. The van der Waals surface area contributed by atoms with Gasteiger partial charge in [0.1, 0.15) is 0 Å². The average Bonchev–Trinajstić information content (AvgIpc) is 2.62. The second-order valence-electron chi connectivity index (χ2n) is 7.66. The Kier molecular flexibility index (Phi) is 7.47. The quantitative estimate of drug-likeness (QED) is 0.844. The van der Waals surface area contributed by atoms with Gasteiger partial charge >= 0.3 is 0 Å². The highest BCUT2D eigenvalue weighted by Gasteiger charge is 2.25. The third-order valence-corrected chi connectivity index (χ3v) is 5.56. The van der Waals surface area contributed by atoms with E-state index in [-0.39, 0.29) is 36.2 Å². The number of likely N-dealkylation sites (tertiary alicyclic amines) is 1. The highest BCUT2D eigenvalue weighted by molar-refractivity contribution is 5.96. The van der Waals surface area contributed by atoms with Gasteiger partial charge in [-0.05, 0) is 62.3 Å². The van der Waals surface area contributed by atoms with E-state index in [1.807, 2.05) is 29.2 Å². The fraction of sp³-hybridized carbons (Fsp3) is 0.600. The normalized spacial score (nSPS) is 23.8. The standard InChI is InChI=1S/C20H29N3O2.ClH/c1-14-9-11-23(12-10-14)20(25)15-5-7-18(8-6-15)22-19(24)16-3-2-4-17(21)13-16;/h5-8,14,16-17H,2-4,9-13,21H2,1H3,(H,22,24);1H. The summed E-state index contributed by atoms with van der Waals surface area (Å²) < 4.78 is 0. The average molecular weight is 380 g/mol. The number of benzene rings is 1. The Labute approximate surface area is 162 Å². The largest absolute Gasteiger partial charge is 0.339 e. The van der Waals surface area contributed by atoms with Gasteiger partial charge in [-0.15, -0.1) is 12.4 Å². The lowest BCUT2D eigenvalue weighted by Gasteiger charge is -2.30. The number of carbonyl (C=O) groups is 2. The SMILES string of the molecule is CC1CCN(C(=O)c2ccc(NC(=O)C3CCCC(N)C3)cc2)CC1.Cl. The third-order valence-electron chi connectivity index (χ3n) is 5.56. The maximum Gasteiger partial charge on any atom is 0.253 e. The molecule has 0 aromatic heterocycles. The van der Waals surface area contributed by atoms with Crippen LogP contribution in [0.3, 0.4) is 0 Å². The number of nitrogens with zero attached hydrogens (tertiary/aromatic N) is 1. The van der Waals surface area contributed by atoms with Crippen LogP contribution in [0.25, 0.3) is 0 Å². The van der Waals surface area contributed by atoms with Crippen LogP contribution in [0.1, 0.15) is 55.8 Å². The summed E-state index contributed by atoms with van der Waals surface area (Å²) in [4.78, 5) is 26.8. The molecule has 2 atom stereocenters. The molecule has 1 aromatic carbocycles. The highest BCUT2D eigenvalue weighted by Crippen LogP contribution is 2.25. The number of rotatable bonds is 3. The van der Waals surface area contributed by atoms with Gasteiger partial charge in [0.2, 0.25) is 5.91 Å². The molecule has 0 radical (unpaired) electrons. The number of carbonyl (C=O) groups excluding carboxylic acids is 2. The molecule has 2 aliphatic rings. The number of nitrogens with two attached hydrogens (primary N) is 1. The molecule has 3 N–H and O–H groups in total. The summed E-state index contributed by atoms with van der Waals surface area (Å²) in [6, 6.07) is 7.39. The predicted octanol–water partition coefficient (Wildman–Crippen LogP) is 3.44. The van der Waals surface area contributed by atoms with Crippen LogP contribution in [0.2, 0.25) is 0 Å². The van der Waals surface area contributed by atoms with Crippen molar-refractivity contribution >= 4 is 29.9 Å². The fourth-order valence-electron chi connectivity index (χ4n) is 3.80. The van der Waals surface area contributed by atoms with E-state index in [9.17, 15) is 9.59 Å². The van der Waals surface area contributed by atoms with Gasteiger partial charge in [0.15, 0.2) is 0 Å². The van der Waals surface area contributed by atoms with Crippen molar-refractivity contribution in [2.45, 2.75) is 51.5 Å². The second-order valence-corrected chi connectivity index (χ2v) is 7.66. The van der Waals surface area contributed by atoms with Crippen molar-refractivity contribution in [3.8, 4) is 0 Å². The molecule has 3 rings (SSSR count). The maximum absolute atomic E-state index is 12.5. The van der Waals surface area contributed by atoms with Crippen molar-refractivity contribution in [2.75, 3.05) is 18.4 Å². The lowest BCUT2D eigenvalue weighted by molar-refractivity contribution is -0.120. The van der Waals surface area contributed by atoms with E-state index in [1.54, 1.807) is 0 Å². The van der Waals surface area contributed by atoms with Gasteiger partial charge < -0.3 is 16.0 Å². The first-order valence-corrected chi connectivity index (χ1v) is 9.48. The molecule has 26 heavy (non-hydrogen) atoms. The van der Waals surface area contributed by atoms with Crippen LogP contribution < -0.4 is 11.1 Å². The zero-order chi connectivity index (χ0) is 17.8. The zero-order valence-corrected chi connectivity index (χ0v) is 16.3. The van der Waals surface area contributed by atoms with Crippen molar-refractivity contribution in [2.24, 2.45) is 17.6 Å². The van der Waals surface area contributed by atoms with E-state index >= 15 is 0 Å². The van der Waals surface area contributed by atoms with Crippen molar-refractivity contribution in [3.63, 3.8) is 0 Å². The van der Waals surface area contributed by atoms with E-state index in [0.717, 1.165) is 57.3 Å². The Morgan fingerprint density at radius 2 is 1.73 bits per heavy atom. The summed E-state index contributed by atoms with van der Waals surface area (Å²) in [6.45, 7) is 3.90. The third kappa shape index (κ3) is 5.21. The molecular formula is C20H30ClN3O2. The Balaban J connectivity index is 0.00000243. The Morgan fingerprint density at radius 1 is 1.08 bits per heavy atom. The lowest BCUT2D eigenvalue weighted by atomic mass is 9.85. The monoisotopic (exact) mass is 379 g/mol. The summed E-state index contributed by atoms with van der Waals surface area (Å²) in [5, 5.41) is 2.96. The number of hydrogen-bond acceptors (Lipinski definition) is 3. The van der Waals surface area contributed by atoms with Gasteiger partial charge in [-0.3, -0.25) is 9.59 Å². The van der Waals surface area contributed by atoms with Gasteiger partial charge in [-0.25, -0.2) is 0 Å². The van der Waals surface area contributed by atoms with Crippen molar-refractivity contribution in [1.29, 1.82) is 0 Å². The van der Waals surface area contributed by atoms with Crippen LogP contribution in [0.4, 0.5) is 5.69 Å². The molecular weight excluding hydrogens is 350 g/mol. The van der Waals surface area contributed by atoms with Crippen LogP contribution in [0, 0.1) is 11.8 Å². The number of anilines is 1. The molecule has 1 aliphatic carbocycles. The topological polar surface area (TPSA) is 75.4 Å². The van der Waals surface area contributed by atoms with Crippen LogP contribution in [0.15, 0.2) is 24.3 Å². The number of hydrogen-bond donors (Lipinski definition) is 2. The molecule has 1 heterocycles. The fourth-order valence-corrected chi connectivity index (χ4v) is 3.80. The van der Waals surface area contributed by atoms with Crippen molar-refractivity contribution in [1.82, 2.24) is 4.90 Å². The zero-order valence-electron chi connectivity index (χ0n) is 15.4. The van der Waals surface area contributed by atoms with Gasteiger partial charge in [-0.2, -0.15) is 0 Å². The lowest BCUT2D eigenvalue weighted by Crippen LogP contribution is -2.37. The highest BCUT2D eigenvalue weighted by atomic mass is 35.5. The predicted molar refractivity (Wildman–Crippen MR) is 107 cm³/mol. The molecule has 6 heteroatoms. The molecule has 2 amide bonds. The Hall–Kier alpha value is -1.59. The summed E-state index contributed by atoms with van der Waals surface area (Å²) >= 11 is 0. The van der Waals surface area contributed by atoms with Gasteiger partial charge in [-0.1, -0.05) is 13.3 Å². The van der Waals surface area contributed by atoms with E-state index in [4.69, 9.17) is 5.73 Å². The minimum absolute atomic E-state index is 0. The number of halogens is 1. The van der Waals surface area contributed by atoms with E-state index in [0.29, 0.717) is 11.5 Å². The van der Waals surface area contributed by atoms with E-state index < -0.39 is 0 Å². The van der Waals surface area contributed by atoms with Crippen LogP contribution in [-0.4, -0.2) is 35.8 Å². The molecule has 2 fully saturated rings. The van der Waals surface area contributed by atoms with Gasteiger partial charge in [0.25, 0.3) is 5.91 Å². The first kappa shape index (κ1) is 20.7. The van der Waals surface area contributed by atoms with Crippen LogP contribution >= 0.6 is 12.4 Å². The smallest absolute Gasteiger partial charge is 0.253 e. The number of piperidine rings is 1. The number of amides is 2. The van der Waals surface area contributed by atoms with E-state index in [1.165, 1.54) is 0 Å². The molecule has 5 nitrogen and oxygen atoms in total. The summed E-state index contributed by atoms with van der Waals surface area (Å²) in [5.41, 5.74) is 7.40. The van der Waals surface area contributed by atoms with Gasteiger partial charge in [0, 0.05) is 36.3 Å². The molecule has 2 unspecified atom stereocenters. The molecule has 1 aliphatic heterocycles. The molecule has 144 valence electrons. The minimum Gasteiger partial charge on any atom is -0.339 e. The molecule has 1 saturated carbocycles. The van der Waals surface area contributed by atoms with Crippen molar-refractivity contribution < 1.29 is 9.59 Å². The van der Waals surface area contributed by atoms with Gasteiger partial charge in [0.05, 0.1) is 0 Å². The molecule has 1 aromatic rings. The number of nitrogens with one attached hydrogen (secondary N) is 1. The first-order chi connectivity index (χ1) is 12.0. The Bertz CT molecular complexity index is 612. The van der Waals surface area contributed by atoms with Crippen LogP contribution in [0.5, 0.6) is 0 Å². The summed E-state index contributed by atoms with van der Waals surface area (Å²) in [7, 11) is 0. The van der Waals surface area contributed by atoms with Crippen LogP contribution in [-0.2, 0) is 4.79 Å². The van der Waals surface area contributed by atoms with Crippen molar-refractivity contribution in [3.05, 3.63) is 29.8 Å². The molecule has 0 spiro atoms. The minimum atomic E-state index is 0.